The second-order valence-corrected chi connectivity index (χ2v) is 8.17. The standard InChI is InChI=1S/C21H25BrClNO6/c1-4-13-9-12(7-8-29-13)24(21(26)28-6-3)18-14-10-15(22)16(23)11-17(14)30-19(18)20(25)27-5-2/h10-13H,4-9H2,1-3H3/t12-,13-/m0/s1. The number of carbonyl (C=O) groups is 2. The van der Waals surface area contributed by atoms with Crippen molar-refractivity contribution in [2.45, 2.75) is 52.2 Å². The highest BCUT2D eigenvalue weighted by molar-refractivity contribution is 9.10. The first-order valence-electron chi connectivity index (χ1n) is 10.1. The summed E-state index contributed by atoms with van der Waals surface area (Å²) in [6.07, 6.45) is 1.54. The molecular formula is C21H25BrClNO6. The van der Waals surface area contributed by atoms with Crippen molar-refractivity contribution in [1.82, 2.24) is 0 Å². The number of carbonyl (C=O) groups excluding carboxylic acids is 2. The molecule has 2 aromatic rings. The van der Waals surface area contributed by atoms with Crippen LogP contribution in [0.1, 0.15) is 50.6 Å². The fourth-order valence-electron chi connectivity index (χ4n) is 3.65. The molecular weight excluding hydrogens is 478 g/mol. The van der Waals surface area contributed by atoms with E-state index in [1.165, 1.54) is 4.90 Å². The van der Waals surface area contributed by atoms with Gasteiger partial charge in [-0.3, -0.25) is 4.90 Å². The van der Waals surface area contributed by atoms with E-state index in [1.54, 1.807) is 26.0 Å². The normalized spacial score (nSPS) is 19.0. The summed E-state index contributed by atoms with van der Waals surface area (Å²) in [4.78, 5) is 27.3. The highest BCUT2D eigenvalue weighted by Crippen LogP contribution is 2.41. The van der Waals surface area contributed by atoms with E-state index >= 15 is 0 Å². The van der Waals surface area contributed by atoms with Crippen molar-refractivity contribution < 1.29 is 28.2 Å². The third-order valence-electron chi connectivity index (χ3n) is 5.03. The summed E-state index contributed by atoms with van der Waals surface area (Å²) in [6, 6.07) is 3.13. The molecule has 30 heavy (non-hydrogen) atoms. The Morgan fingerprint density at radius 1 is 1.23 bits per heavy atom. The summed E-state index contributed by atoms with van der Waals surface area (Å²) >= 11 is 9.64. The van der Waals surface area contributed by atoms with Gasteiger partial charge in [0.15, 0.2) is 0 Å². The molecule has 0 saturated carbocycles. The van der Waals surface area contributed by atoms with Gasteiger partial charge in [0.05, 0.1) is 24.3 Å². The number of fused-ring (bicyclic) bond motifs is 1. The summed E-state index contributed by atoms with van der Waals surface area (Å²) in [5.74, 6) is -0.696. The molecule has 7 nitrogen and oxygen atoms in total. The maximum absolute atomic E-state index is 13.1. The fourth-order valence-corrected chi connectivity index (χ4v) is 4.14. The van der Waals surface area contributed by atoms with E-state index < -0.39 is 12.1 Å². The first kappa shape index (κ1) is 22.9. The van der Waals surface area contributed by atoms with Gasteiger partial charge >= 0.3 is 12.1 Å². The number of rotatable bonds is 6. The number of hydrogen-bond acceptors (Lipinski definition) is 6. The van der Waals surface area contributed by atoms with E-state index in [0.717, 1.165) is 6.42 Å². The van der Waals surface area contributed by atoms with Crippen LogP contribution >= 0.6 is 27.5 Å². The minimum Gasteiger partial charge on any atom is -0.460 e. The van der Waals surface area contributed by atoms with Crippen molar-refractivity contribution in [3.05, 3.63) is 27.4 Å². The van der Waals surface area contributed by atoms with Crippen LogP contribution in [0.3, 0.4) is 0 Å². The molecule has 0 aliphatic carbocycles. The van der Waals surface area contributed by atoms with Crippen LogP contribution in [-0.4, -0.2) is 44.0 Å². The van der Waals surface area contributed by atoms with Crippen LogP contribution in [0.25, 0.3) is 11.0 Å². The highest BCUT2D eigenvalue weighted by Gasteiger charge is 2.37. The molecule has 2 heterocycles. The van der Waals surface area contributed by atoms with E-state index in [4.69, 9.17) is 30.2 Å². The van der Waals surface area contributed by atoms with Crippen LogP contribution in [0.2, 0.25) is 5.02 Å². The van der Waals surface area contributed by atoms with Crippen LogP contribution in [0.4, 0.5) is 10.5 Å². The maximum Gasteiger partial charge on any atom is 0.414 e. The second kappa shape index (κ2) is 10.0. The Hall–Kier alpha value is -1.77. The predicted molar refractivity (Wildman–Crippen MR) is 117 cm³/mol. The zero-order valence-electron chi connectivity index (χ0n) is 17.2. The Kier molecular flexibility index (Phi) is 7.65. The maximum atomic E-state index is 13.1. The largest absolute Gasteiger partial charge is 0.460 e. The van der Waals surface area contributed by atoms with Crippen molar-refractivity contribution in [1.29, 1.82) is 0 Å². The molecule has 0 unspecified atom stereocenters. The number of benzene rings is 1. The Labute approximate surface area is 188 Å². The molecule has 2 atom stereocenters. The third kappa shape index (κ3) is 4.60. The lowest BCUT2D eigenvalue weighted by atomic mass is 9.99. The van der Waals surface area contributed by atoms with Gasteiger partial charge in [0, 0.05) is 28.6 Å². The quantitative estimate of drug-likeness (QED) is 0.455. The minimum atomic E-state index is -0.649. The zero-order chi connectivity index (χ0) is 21.8. The summed E-state index contributed by atoms with van der Waals surface area (Å²) in [7, 11) is 0. The molecule has 3 rings (SSSR count). The van der Waals surface area contributed by atoms with Crippen molar-refractivity contribution in [3.63, 3.8) is 0 Å². The van der Waals surface area contributed by atoms with Crippen LogP contribution in [0.5, 0.6) is 0 Å². The number of halogens is 2. The number of hydrogen-bond donors (Lipinski definition) is 0. The van der Waals surface area contributed by atoms with E-state index in [1.807, 2.05) is 6.92 Å². The second-order valence-electron chi connectivity index (χ2n) is 6.91. The lowest BCUT2D eigenvalue weighted by Crippen LogP contribution is -2.46. The molecule has 1 fully saturated rings. The van der Waals surface area contributed by atoms with Crippen LogP contribution in [-0.2, 0) is 14.2 Å². The van der Waals surface area contributed by atoms with Crippen LogP contribution in [0, 0.1) is 0 Å². The number of furan rings is 1. The van der Waals surface area contributed by atoms with Gasteiger partial charge in [0.2, 0.25) is 5.76 Å². The molecule has 1 aromatic carbocycles. The summed E-state index contributed by atoms with van der Waals surface area (Å²) in [5, 5.41) is 1.000. The van der Waals surface area contributed by atoms with Gasteiger partial charge < -0.3 is 18.6 Å². The molecule has 0 N–H and O–H groups in total. The SMILES string of the molecule is CCOC(=O)c1oc2cc(Cl)c(Br)cc2c1N(C(=O)OCC)[C@H]1CCO[C@@H](CC)C1. The van der Waals surface area contributed by atoms with E-state index in [-0.39, 0.29) is 31.1 Å². The number of nitrogens with zero attached hydrogens (tertiary/aromatic N) is 1. The number of esters is 1. The van der Waals surface area contributed by atoms with Crippen molar-refractivity contribution in [2.75, 3.05) is 24.7 Å². The molecule has 1 amide bonds. The highest BCUT2D eigenvalue weighted by atomic mass is 79.9. The zero-order valence-corrected chi connectivity index (χ0v) is 19.5. The van der Waals surface area contributed by atoms with E-state index in [0.29, 0.717) is 45.6 Å². The summed E-state index contributed by atoms with van der Waals surface area (Å²) in [5.41, 5.74) is 0.718. The van der Waals surface area contributed by atoms with Gasteiger partial charge in [-0.1, -0.05) is 18.5 Å². The first-order chi connectivity index (χ1) is 14.4. The molecule has 1 saturated heterocycles. The molecule has 0 radical (unpaired) electrons. The van der Waals surface area contributed by atoms with Gasteiger partial charge in [0.25, 0.3) is 0 Å². The van der Waals surface area contributed by atoms with Gasteiger partial charge in [-0.25, -0.2) is 9.59 Å². The summed E-state index contributed by atoms with van der Waals surface area (Å²) < 4.78 is 22.8. The van der Waals surface area contributed by atoms with Gasteiger partial charge in [0.1, 0.15) is 11.3 Å². The molecule has 1 aromatic heterocycles. The number of anilines is 1. The van der Waals surface area contributed by atoms with Gasteiger partial charge in [-0.15, -0.1) is 0 Å². The third-order valence-corrected chi connectivity index (χ3v) is 6.23. The molecule has 164 valence electrons. The van der Waals surface area contributed by atoms with Crippen LogP contribution in [0.15, 0.2) is 21.0 Å². The predicted octanol–water partition coefficient (Wildman–Crippen LogP) is 5.95. The minimum absolute atomic E-state index is 0.0195. The van der Waals surface area contributed by atoms with E-state index in [2.05, 4.69) is 15.9 Å². The Morgan fingerprint density at radius 3 is 2.63 bits per heavy atom. The molecule has 0 spiro atoms. The van der Waals surface area contributed by atoms with Gasteiger partial charge in [-0.05, 0) is 55.1 Å². The Morgan fingerprint density at radius 2 is 1.97 bits per heavy atom. The molecule has 1 aliphatic rings. The smallest absolute Gasteiger partial charge is 0.414 e. The molecule has 9 heteroatoms. The van der Waals surface area contributed by atoms with E-state index in [9.17, 15) is 9.59 Å². The fraction of sp³-hybridized carbons (Fsp3) is 0.524. The molecule has 1 aliphatic heterocycles. The van der Waals surface area contributed by atoms with Gasteiger partial charge in [-0.2, -0.15) is 0 Å². The monoisotopic (exact) mass is 501 g/mol. The average molecular weight is 503 g/mol. The number of ether oxygens (including phenoxy) is 3. The topological polar surface area (TPSA) is 78.2 Å². The average Bonchev–Trinajstić information content (AvgIpc) is 3.07. The van der Waals surface area contributed by atoms with Crippen molar-refractivity contribution in [3.8, 4) is 0 Å². The molecule has 0 bridgehead atoms. The Bertz CT molecular complexity index is 930. The van der Waals surface area contributed by atoms with Crippen LogP contribution < -0.4 is 4.90 Å². The summed E-state index contributed by atoms with van der Waals surface area (Å²) in [6.45, 7) is 6.38. The lowest BCUT2D eigenvalue weighted by molar-refractivity contribution is 0.00465. The van der Waals surface area contributed by atoms with Crippen molar-refractivity contribution >= 4 is 56.3 Å². The first-order valence-corrected chi connectivity index (χ1v) is 11.2. The van der Waals surface area contributed by atoms with Crippen molar-refractivity contribution in [2.24, 2.45) is 0 Å². The lowest BCUT2D eigenvalue weighted by Gasteiger charge is -2.36. The number of amides is 1. The Balaban J connectivity index is 2.20.